The number of amides is 1. The molecule has 1 fully saturated rings. The first-order chi connectivity index (χ1) is 9.29. The second kappa shape index (κ2) is 5.21. The average molecular weight is 279 g/mol. The monoisotopic (exact) mass is 279 g/mol. The molecule has 1 amide bonds. The smallest absolute Gasteiger partial charge is 0.209 e. The van der Waals surface area contributed by atoms with Gasteiger partial charge in [-0.2, -0.15) is 0 Å². The molecule has 0 radical (unpaired) electrons. The molecule has 1 aromatic heterocycles. The van der Waals surface area contributed by atoms with Crippen molar-refractivity contribution < 1.29 is 9.63 Å². The van der Waals surface area contributed by atoms with E-state index in [0.29, 0.717) is 5.92 Å². The Bertz CT molecular complexity index is 466. The van der Waals surface area contributed by atoms with E-state index in [9.17, 15) is 4.79 Å². The van der Waals surface area contributed by atoms with Crippen LogP contribution < -0.4 is 0 Å². The lowest BCUT2D eigenvalue weighted by molar-refractivity contribution is -0.121. The highest BCUT2D eigenvalue weighted by Gasteiger charge is 2.36. The van der Waals surface area contributed by atoms with E-state index in [2.05, 4.69) is 16.1 Å². The Morgan fingerprint density at radius 2 is 2.26 bits per heavy atom. The molecule has 5 nitrogen and oxygen atoms in total. The minimum atomic E-state index is 0.00546. The van der Waals surface area contributed by atoms with E-state index in [1.807, 2.05) is 23.4 Å². The number of carbonyl (C=O) groups is 1. The van der Waals surface area contributed by atoms with Gasteiger partial charge in [-0.25, -0.2) is 0 Å². The Labute approximate surface area is 116 Å². The van der Waals surface area contributed by atoms with Crippen LogP contribution in [0.25, 0.3) is 0 Å². The molecule has 0 saturated carbocycles. The molecular weight excluding hydrogens is 262 g/mol. The molecular formula is C13H17N3O2S. The van der Waals surface area contributed by atoms with E-state index in [1.54, 1.807) is 11.3 Å². The molecule has 102 valence electrons. The molecule has 0 aliphatic carbocycles. The predicted molar refractivity (Wildman–Crippen MR) is 73.9 cm³/mol. The average Bonchev–Trinajstić information content (AvgIpc) is 3.08. The quantitative estimate of drug-likeness (QED) is 0.789. The second-order valence-electron chi connectivity index (χ2n) is 4.98. The lowest BCUT2D eigenvalue weighted by Gasteiger charge is -2.34. The van der Waals surface area contributed by atoms with E-state index in [1.165, 1.54) is 0 Å². The van der Waals surface area contributed by atoms with Crippen molar-refractivity contribution in [3.05, 3.63) is 22.4 Å². The number of hydrogen-bond donors (Lipinski definition) is 0. The fourth-order valence-corrected chi connectivity index (χ4v) is 3.44. The van der Waals surface area contributed by atoms with Crippen LogP contribution in [0.4, 0.5) is 0 Å². The Balaban J connectivity index is 1.64. The maximum absolute atomic E-state index is 10.7. The van der Waals surface area contributed by atoms with Gasteiger partial charge >= 0.3 is 0 Å². The highest BCUT2D eigenvalue weighted by atomic mass is 32.1. The summed E-state index contributed by atoms with van der Waals surface area (Å²) in [6.45, 7) is 1.63. The van der Waals surface area contributed by atoms with Crippen LogP contribution in [0.5, 0.6) is 0 Å². The topological polar surface area (TPSA) is 45.1 Å². The molecule has 0 N–H and O–H groups in total. The number of rotatable bonds is 3. The fraction of sp³-hybridized carbons (Fsp3) is 0.538. The number of piperidine rings is 1. The lowest BCUT2D eigenvalue weighted by atomic mass is 9.94. The fourth-order valence-electron chi connectivity index (χ4n) is 2.70. The summed E-state index contributed by atoms with van der Waals surface area (Å²) in [5.41, 5.74) is 0. The van der Waals surface area contributed by atoms with Crippen molar-refractivity contribution in [2.75, 3.05) is 20.1 Å². The number of thiophene rings is 1. The van der Waals surface area contributed by atoms with Gasteiger partial charge in [-0.15, -0.1) is 11.3 Å². The first-order valence-corrected chi connectivity index (χ1v) is 7.37. The molecule has 0 aromatic carbocycles. The predicted octanol–water partition coefficient (Wildman–Crippen LogP) is 1.57. The van der Waals surface area contributed by atoms with Crippen molar-refractivity contribution in [2.24, 2.45) is 11.1 Å². The lowest BCUT2D eigenvalue weighted by Crippen LogP contribution is -2.43. The molecule has 1 aromatic rings. The van der Waals surface area contributed by atoms with Crippen molar-refractivity contribution in [1.82, 2.24) is 9.80 Å². The van der Waals surface area contributed by atoms with Gasteiger partial charge in [0.05, 0.1) is 4.88 Å². The van der Waals surface area contributed by atoms with Crippen molar-refractivity contribution in [3.8, 4) is 0 Å². The van der Waals surface area contributed by atoms with Gasteiger partial charge in [-0.3, -0.25) is 4.79 Å². The second-order valence-corrected chi connectivity index (χ2v) is 5.93. The van der Waals surface area contributed by atoms with Gasteiger partial charge in [0.15, 0.2) is 5.84 Å². The Hall–Kier alpha value is -1.56. The summed E-state index contributed by atoms with van der Waals surface area (Å²) in [4.78, 5) is 21.4. The maximum atomic E-state index is 10.7. The number of hydrogen-bond acceptors (Lipinski definition) is 5. The van der Waals surface area contributed by atoms with Gasteiger partial charge in [-0.05, 0) is 24.3 Å². The van der Waals surface area contributed by atoms with Crippen molar-refractivity contribution in [2.45, 2.75) is 19.1 Å². The summed E-state index contributed by atoms with van der Waals surface area (Å²) in [6, 6.07) is 4.08. The van der Waals surface area contributed by atoms with Crippen molar-refractivity contribution >= 4 is 23.6 Å². The van der Waals surface area contributed by atoms with Crippen LogP contribution >= 0.6 is 11.3 Å². The Morgan fingerprint density at radius 1 is 1.47 bits per heavy atom. The third-order valence-corrected chi connectivity index (χ3v) is 4.70. The van der Waals surface area contributed by atoms with Crippen LogP contribution in [0.1, 0.15) is 17.7 Å². The molecule has 0 bridgehead atoms. The third-order valence-electron chi connectivity index (χ3n) is 3.83. The van der Waals surface area contributed by atoms with Gasteiger partial charge < -0.3 is 14.6 Å². The number of oxime groups is 1. The minimum Gasteiger partial charge on any atom is -0.368 e. The summed E-state index contributed by atoms with van der Waals surface area (Å²) < 4.78 is 0. The summed E-state index contributed by atoms with van der Waals surface area (Å²) in [5, 5.41) is 6.27. The summed E-state index contributed by atoms with van der Waals surface area (Å²) in [5.74, 6) is 1.35. The van der Waals surface area contributed by atoms with E-state index < -0.39 is 0 Å². The largest absolute Gasteiger partial charge is 0.368 e. The first-order valence-electron chi connectivity index (χ1n) is 6.49. The van der Waals surface area contributed by atoms with Crippen molar-refractivity contribution in [1.29, 1.82) is 0 Å². The zero-order valence-electron chi connectivity index (χ0n) is 10.9. The van der Waals surface area contributed by atoms with Crippen LogP contribution in [-0.4, -0.2) is 48.4 Å². The van der Waals surface area contributed by atoms with E-state index in [0.717, 1.165) is 43.1 Å². The minimum absolute atomic E-state index is 0.00546. The van der Waals surface area contributed by atoms with Gasteiger partial charge in [0.25, 0.3) is 0 Å². The number of amidine groups is 1. The van der Waals surface area contributed by atoms with Crippen LogP contribution in [0.2, 0.25) is 0 Å². The summed E-state index contributed by atoms with van der Waals surface area (Å²) in [7, 11) is 2.03. The Kier molecular flexibility index (Phi) is 3.42. The maximum Gasteiger partial charge on any atom is 0.209 e. The van der Waals surface area contributed by atoms with Crippen LogP contribution in [-0.2, 0) is 9.63 Å². The normalized spacial score (nSPS) is 24.3. The van der Waals surface area contributed by atoms with E-state index in [-0.39, 0.29) is 6.23 Å². The molecule has 3 rings (SSSR count). The molecule has 19 heavy (non-hydrogen) atoms. The number of nitrogens with zero attached hydrogens (tertiary/aromatic N) is 3. The molecule has 2 aliphatic rings. The summed E-state index contributed by atoms with van der Waals surface area (Å²) >= 11 is 1.67. The first kappa shape index (κ1) is 12.5. The van der Waals surface area contributed by atoms with Crippen LogP contribution in [0.15, 0.2) is 22.7 Å². The molecule has 6 heteroatoms. The van der Waals surface area contributed by atoms with Gasteiger partial charge in [0.1, 0.15) is 0 Å². The van der Waals surface area contributed by atoms with Gasteiger partial charge in [0.2, 0.25) is 12.6 Å². The molecule has 1 saturated heterocycles. The SMILES string of the molecule is CN1C(c2cccs2)=NOC1C1CCN(C=O)CC1. The van der Waals surface area contributed by atoms with Crippen LogP contribution in [0, 0.1) is 5.92 Å². The van der Waals surface area contributed by atoms with Gasteiger partial charge in [0, 0.05) is 26.1 Å². The number of carbonyl (C=O) groups excluding carboxylic acids is 1. The molecule has 3 heterocycles. The summed E-state index contributed by atoms with van der Waals surface area (Å²) in [6.07, 6.45) is 2.89. The van der Waals surface area contributed by atoms with Gasteiger partial charge in [-0.1, -0.05) is 11.2 Å². The number of likely N-dealkylation sites (tertiary alicyclic amines) is 1. The highest BCUT2D eigenvalue weighted by molar-refractivity contribution is 7.12. The zero-order valence-corrected chi connectivity index (χ0v) is 11.7. The molecule has 2 aliphatic heterocycles. The molecule has 1 unspecified atom stereocenters. The highest BCUT2D eigenvalue weighted by Crippen LogP contribution is 2.29. The van der Waals surface area contributed by atoms with Crippen molar-refractivity contribution in [3.63, 3.8) is 0 Å². The standard InChI is InChI=1S/C13H17N3O2S/c1-15-12(11-3-2-8-19-11)14-18-13(15)10-4-6-16(9-17)7-5-10/h2-3,8-10,13H,4-7H2,1H3. The van der Waals surface area contributed by atoms with Crippen LogP contribution in [0.3, 0.4) is 0 Å². The molecule has 1 atom stereocenters. The van der Waals surface area contributed by atoms with E-state index >= 15 is 0 Å². The Morgan fingerprint density at radius 3 is 2.89 bits per heavy atom. The van der Waals surface area contributed by atoms with E-state index in [4.69, 9.17) is 4.84 Å². The molecule has 0 spiro atoms. The zero-order chi connectivity index (χ0) is 13.2. The third kappa shape index (κ3) is 2.32.